The molecule has 10 heteroatoms. The van der Waals surface area contributed by atoms with Crippen LogP contribution in [-0.2, 0) is 14.3 Å². The third kappa shape index (κ3) is 6.92. The van der Waals surface area contributed by atoms with Gasteiger partial charge in [0.25, 0.3) is 11.8 Å². The Kier molecular flexibility index (Phi) is 8.75. The Morgan fingerprint density at radius 2 is 1.91 bits per heavy atom. The van der Waals surface area contributed by atoms with Gasteiger partial charge in [-0.2, -0.15) is 0 Å². The van der Waals surface area contributed by atoms with Crippen LogP contribution in [-0.4, -0.2) is 66.6 Å². The lowest BCUT2D eigenvalue weighted by Gasteiger charge is -2.28. The molecule has 2 aliphatic rings. The number of morpholine rings is 1. The molecule has 1 aromatic carbocycles. The number of nitrogens with one attached hydrogen (secondary N) is 2. The van der Waals surface area contributed by atoms with Gasteiger partial charge in [0, 0.05) is 37.9 Å². The minimum absolute atomic E-state index is 0.0113. The van der Waals surface area contributed by atoms with E-state index in [0.29, 0.717) is 47.1 Å². The van der Waals surface area contributed by atoms with Crippen molar-refractivity contribution < 1.29 is 23.5 Å². The SMILES string of the molecule is O=C(NC[C@H]1CCCO1)/C(=C\c1ccc(SC(=S)N2CCOCC2)o1)NC(=O)c1ccccc1. The Bertz CT molecular complexity index is 1030. The monoisotopic (exact) mass is 501 g/mol. The molecule has 1 atom stereocenters. The minimum atomic E-state index is -0.408. The summed E-state index contributed by atoms with van der Waals surface area (Å²) in [6, 6.07) is 12.3. The van der Waals surface area contributed by atoms with E-state index in [1.54, 1.807) is 36.4 Å². The smallest absolute Gasteiger partial charge is 0.268 e. The number of furan rings is 1. The molecule has 2 aromatic rings. The number of carbonyl (C=O) groups is 2. The first-order valence-corrected chi connectivity index (χ1v) is 12.4. The average Bonchev–Trinajstić information content (AvgIpc) is 3.55. The summed E-state index contributed by atoms with van der Waals surface area (Å²) < 4.78 is 17.5. The van der Waals surface area contributed by atoms with Crippen LogP contribution in [0.2, 0.25) is 0 Å². The van der Waals surface area contributed by atoms with Crippen molar-refractivity contribution in [2.75, 3.05) is 39.5 Å². The van der Waals surface area contributed by atoms with Gasteiger partial charge in [-0.25, -0.2) is 0 Å². The molecule has 2 aliphatic heterocycles. The number of rotatable bonds is 7. The molecule has 0 radical (unpaired) electrons. The summed E-state index contributed by atoms with van der Waals surface area (Å²) >= 11 is 6.86. The molecular formula is C24H27N3O5S2. The molecule has 1 aromatic heterocycles. The third-order valence-electron chi connectivity index (χ3n) is 5.39. The van der Waals surface area contributed by atoms with E-state index in [1.165, 1.54) is 17.8 Å². The summed E-state index contributed by atoms with van der Waals surface area (Å²) in [6.45, 7) is 3.88. The maximum absolute atomic E-state index is 12.9. The van der Waals surface area contributed by atoms with Crippen LogP contribution in [0.4, 0.5) is 0 Å². The van der Waals surface area contributed by atoms with Gasteiger partial charge in [0.15, 0.2) is 5.09 Å². The number of thiocarbonyl (C=S) groups is 1. The van der Waals surface area contributed by atoms with Crippen LogP contribution >= 0.6 is 24.0 Å². The molecule has 0 bridgehead atoms. The Morgan fingerprint density at radius 3 is 2.65 bits per heavy atom. The van der Waals surface area contributed by atoms with Crippen molar-refractivity contribution in [1.82, 2.24) is 15.5 Å². The summed E-state index contributed by atoms with van der Waals surface area (Å²) in [4.78, 5) is 27.7. The molecule has 0 spiro atoms. The van der Waals surface area contributed by atoms with Gasteiger partial charge in [0.1, 0.15) is 15.8 Å². The predicted octanol–water partition coefficient (Wildman–Crippen LogP) is 3.05. The number of thioether (sulfide) groups is 1. The van der Waals surface area contributed by atoms with Crippen molar-refractivity contribution in [3.63, 3.8) is 0 Å². The topological polar surface area (TPSA) is 93.0 Å². The zero-order valence-corrected chi connectivity index (χ0v) is 20.3. The standard InChI is InChI=1S/C24H27N3O5S2/c28-22(17-5-2-1-3-6-17)26-20(23(29)25-16-19-7-4-12-31-19)15-18-8-9-21(32-18)34-24(33)27-10-13-30-14-11-27/h1-3,5-6,8-9,15,19H,4,7,10-14,16H2,(H,25,29)(H,26,28)/b20-15+/t19-/m1/s1. The lowest BCUT2D eigenvalue weighted by atomic mass is 10.2. The van der Waals surface area contributed by atoms with Crippen LogP contribution in [0.25, 0.3) is 6.08 Å². The van der Waals surface area contributed by atoms with E-state index in [0.717, 1.165) is 25.9 Å². The molecule has 0 unspecified atom stereocenters. The molecule has 0 saturated carbocycles. The van der Waals surface area contributed by atoms with Gasteiger partial charge >= 0.3 is 0 Å². The second-order valence-corrected chi connectivity index (χ2v) is 9.49. The van der Waals surface area contributed by atoms with E-state index in [2.05, 4.69) is 15.5 Å². The third-order valence-corrected chi connectivity index (χ3v) is 6.75. The molecule has 0 aliphatic carbocycles. The van der Waals surface area contributed by atoms with Gasteiger partial charge in [-0.3, -0.25) is 9.59 Å². The highest BCUT2D eigenvalue weighted by atomic mass is 32.2. The number of carbonyl (C=O) groups excluding carboxylic acids is 2. The Hall–Kier alpha value is -2.66. The summed E-state index contributed by atoms with van der Waals surface area (Å²) in [5, 5.41) is 6.17. The molecule has 3 heterocycles. The molecule has 2 saturated heterocycles. The molecule has 2 amide bonds. The summed E-state index contributed by atoms with van der Waals surface area (Å²) in [6.07, 6.45) is 3.39. The fourth-order valence-electron chi connectivity index (χ4n) is 3.56. The first-order valence-electron chi connectivity index (χ1n) is 11.2. The van der Waals surface area contributed by atoms with Crippen molar-refractivity contribution in [1.29, 1.82) is 0 Å². The van der Waals surface area contributed by atoms with Crippen LogP contribution in [0, 0.1) is 0 Å². The summed E-state index contributed by atoms with van der Waals surface area (Å²) in [7, 11) is 0. The van der Waals surface area contributed by atoms with Crippen LogP contribution in [0.5, 0.6) is 0 Å². The van der Waals surface area contributed by atoms with E-state index in [1.807, 2.05) is 6.07 Å². The predicted molar refractivity (Wildman–Crippen MR) is 133 cm³/mol. The van der Waals surface area contributed by atoms with Gasteiger partial charge in [-0.05, 0) is 48.9 Å². The Morgan fingerprint density at radius 1 is 1.12 bits per heavy atom. The zero-order chi connectivity index (χ0) is 23.8. The number of hydrogen-bond donors (Lipinski definition) is 2. The fraction of sp³-hybridized carbons (Fsp3) is 0.375. The van der Waals surface area contributed by atoms with E-state index in [9.17, 15) is 9.59 Å². The highest BCUT2D eigenvalue weighted by molar-refractivity contribution is 8.22. The van der Waals surface area contributed by atoms with E-state index in [4.69, 9.17) is 26.1 Å². The molecular weight excluding hydrogens is 474 g/mol. The van der Waals surface area contributed by atoms with Crippen LogP contribution < -0.4 is 10.6 Å². The van der Waals surface area contributed by atoms with E-state index >= 15 is 0 Å². The van der Waals surface area contributed by atoms with Crippen molar-refractivity contribution in [3.05, 3.63) is 59.5 Å². The van der Waals surface area contributed by atoms with Crippen LogP contribution in [0.1, 0.15) is 29.0 Å². The average molecular weight is 502 g/mol. The minimum Gasteiger partial charge on any atom is -0.450 e. The van der Waals surface area contributed by atoms with Crippen molar-refractivity contribution in [2.24, 2.45) is 0 Å². The molecule has 2 fully saturated rings. The van der Waals surface area contributed by atoms with Crippen LogP contribution in [0.15, 0.2) is 57.7 Å². The first-order chi connectivity index (χ1) is 16.6. The van der Waals surface area contributed by atoms with Gasteiger partial charge < -0.3 is 29.4 Å². The quantitative estimate of drug-likeness (QED) is 0.340. The zero-order valence-electron chi connectivity index (χ0n) is 18.7. The maximum Gasteiger partial charge on any atom is 0.268 e. The van der Waals surface area contributed by atoms with Gasteiger partial charge in [0.05, 0.1) is 19.3 Å². The van der Waals surface area contributed by atoms with Gasteiger partial charge in [-0.1, -0.05) is 30.4 Å². The second kappa shape index (κ2) is 12.2. The number of benzene rings is 1. The van der Waals surface area contributed by atoms with Crippen molar-refractivity contribution in [2.45, 2.75) is 24.0 Å². The van der Waals surface area contributed by atoms with Crippen LogP contribution in [0.3, 0.4) is 0 Å². The normalized spacial score (nSPS) is 18.5. The van der Waals surface area contributed by atoms with E-state index in [-0.39, 0.29) is 17.7 Å². The summed E-state index contributed by atoms with van der Waals surface area (Å²) in [5.74, 6) is -0.356. The van der Waals surface area contributed by atoms with Gasteiger partial charge in [-0.15, -0.1) is 0 Å². The Labute approximate surface area is 208 Å². The van der Waals surface area contributed by atoms with Gasteiger partial charge in [0.2, 0.25) is 0 Å². The van der Waals surface area contributed by atoms with Crippen molar-refractivity contribution in [3.8, 4) is 0 Å². The fourth-order valence-corrected chi connectivity index (χ4v) is 4.74. The number of ether oxygens (including phenoxy) is 2. The highest BCUT2D eigenvalue weighted by Crippen LogP contribution is 2.25. The number of amides is 2. The molecule has 34 heavy (non-hydrogen) atoms. The lowest BCUT2D eigenvalue weighted by molar-refractivity contribution is -0.118. The Balaban J connectivity index is 1.45. The van der Waals surface area contributed by atoms with E-state index < -0.39 is 5.91 Å². The molecule has 8 nitrogen and oxygen atoms in total. The van der Waals surface area contributed by atoms with Crippen molar-refractivity contribution >= 4 is 46.2 Å². The molecule has 180 valence electrons. The first kappa shape index (κ1) is 24.5. The molecule has 2 N–H and O–H groups in total. The molecule has 4 rings (SSSR count). The largest absolute Gasteiger partial charge is 0.450 e. The lowest BCUT2D eigenvalue weighted by Crippen LogP contribution is -2.38. The highest BCUT2D eigenvalue weighted by Gasteiger charge is 2.20. The summed E-state index contributed by atoms with van der Waals surface area (Å²) in [5.41, 5.74) is 0.542. The number of hydrogen-bond acceptors (Lipinski definition) is 7. The number of nitrogens with zero attached hydrogens (tertiary/aromatic N) is 1. The second-order valence-electron chi connectivity index (χ2n) is 7.85. The maximum atomic E-state index is 12.9.